The normalized spacial score (nSPS) is 12.7. The molecule has 0 bridgehead atoms. The number of nitrogens with zero attached hydrogens (tertiary/aromatic N) is 1. The molecular formula is C17H30N2O. The number of nitrogens with one attached hydrogen (secondary N) is 1. The first-order valence-corrected chi connectivity index (χ1v) is 7.73. The molecule has 0 fully saturated rings. The van der Waals surface area contributed by atoms with Crippen molar-refractivity contribution in [3.63, 3.8) is 0 Å². The topological polar surface area (TPSA) is 24.5 Å². The molecule has 1 rings (SSSR count). The molecule has 3 nitrogen and oxygen atoms in total. The summed E-state index contributed by atoms with van der Waals surface area (Å²) in [6, 6.07) is 6.35. The van der Waals surface area contributed by atoms with E-state index in [2.05, 4.69) is 63.0 Å². The molecule has 0 saturated carbocycles. The van der Waals surface area contributed by atoms with Gasteiger partial charge in [-0.2, -0.15) is 0 Å². The lowest BCUT2D eigenvalue weighted by atomic mass is 10.1. The predicted octanol–water partition coefficient (Wildman–Crippen LogP) is 3.00. The van der Waals surface area contributed by atoms with E-state index in [1.165, 1.54) is 11.1 Å². The maximum absolute atomic E-state index is 6.01. The van der Waals surface area contributed by atoms with Crippen molar-refractivity contribution in [3.8, 4) is 5.75 Å². The van der Waals surface area contributed by atoms with Crippen LogP contribution in [0.1, 0.15) is 31.9 Å². The van der Waals surface area contributed by atoms with Crippen molar-refractivity contribution in [2.45, 2.75) is 40.7 Å². The molecule has 3 heteroatoms. The summed E-state index contributed by atoms with van der Waals surface area (Å²) >= 11 is 0. The third-order valence-corrected chi connectivity index (χ3v) is 3.60. The number of hydrogen-bond acceptors (Lipinski definition) is 3. The molecule has 1 N–H and O–H groups in total. The molecule has 0 radical (unpaired) electrons. The second-order valence-electron chi connectivity index (χ2n) is 5.43. The van der Waals surface area contributed by atoms with Crippen LogP contribution in [0.15, 0.2) is 18.2 Å². The molecular weight excluding hydrogens is 248 g/mol. The number of likely N-dealkylation sites (N-methyl/N-ethyl adjacent to an activating group) is 1. The third kappa shape index (κ3) is 5.93. The summed E-state index contributed by atoms with van der Waals surface area (Å²) in [5, 5.41) is 3.47. The minimum Gasteiger partial charge on any atom is -0.489 e. The molecule has 0 aliphatic carbocycles. The summed E-state index contributed by atoms with van der Waals surface area (Å²) in [6.45, 7) is 16.0. The quantitative estimate of drug-likeness (QED) is 0.703. The summed E-state index contributed by atoms with van der Waals surface area (Å²) in [4.78, 5) is 2.42. The van der Waals surface area contributed by atoms with Crippen LogP contribution >= 0.6 is 0 Å². The molecule has 1 atom stereocenters. The summed E-state index contributed by atoms with van der Waals surface area (Å²) < 4.78 is 6.01. The molecule has 20 heavy (non-hydrogen) atoms. The highest BCUT2D eigenvalue weighted by Crippen LogP contribution is 2.20. The summed E-state index contributed by atoms with van der Waals surface area (Å²) in [5.41, 5.74) is 2.44. The van der Waals surface area contributed by atoms with Crippen molar-refractivity contribution in [1.82, 2.24) is 10.2 Å². The van der Waals surface area contributed by atoms with Crippen LogP contribution < -0.4 is 10.1 Å². The summed E-state index contributed by atoms with van der Waals surface area (Å²) in [7, 11) is 0. The van der Waals surface area contributed by atoms with Crippen molar-refractivity contribution in [2.24, 2.45) is 0 Å². The van der Waals surface area contributed by atoms with Crippen LogP contribution in [0.3, 0.4) is 0 Å². The highest BCUT2D eigenvalue weighted by molar-refractivity contribution is 5.36. The van der Waals surface area contributed by atoms with Crippen LogP contribution in [-0.4, -0.2) is 43.7 Å². The summed E-state index contributed by atoms with van der Waals surface area (Å²) in [5.74, 6) is 1.00. The molecule has 0 aliphatic heterocycles. The van der Waals surface area contributed by atoms with Gasteiger partial charge in [0.25, 0.3) is 0 Å². The SMILES string of the molecule is CCN(CC)CCNCC(C)Oc1cc(C)ccc1C. The Balaban J connectivity index is 2.29. The van der Waals surface area contributed by atoms with Gasteiger partial charge in [-0.15, -0.1) is 0 Å². The lowest BCUT2D eigenvalue weighted by Crippen LogP contribution is -2.36. The Labute approximate surface area is 124 Å². The number of ether oxygens (including phenoxy) is 1. The zero-order valence-corrected chi connectivity index (χ0v) is 13.7. The fraction of sp³-hybridized carbons (Fsp3) is 0.647. The van der Waals surface area contributed by atoms with Crippen molar-refractivity contribution in [3.05, 3.63) is 29.3 Å². The van der Waals surface area contributed by atoms with Gasteiger partial charge < -0.3 is 15.0 Å². The molecule has 114 valence electrons. The molecule has 0 saturated heterocycles. The molecule has 0 heterocycles. The van der Waals surface area contributed by atoms with Gasteiger partial charge >= 0.3 is 0 Å². The van der Waals surface area contributed by atoms with Crippen molar-refractivity contribution in [2.75, 3.05) is 32.7 Å². The Kier molecular flexibility index (Phi) is 7.63. The number of aryl methyl sites for hydroxylation is 2. The van der Waals surface area contributed by atoms with E-state index in [1.54, 1.807) is 0 Å². The minimum absolute atomic E-state index is 0.187. The predicted molar refractivity (Wildman–Crippen MR) is 86.7 cm³/mol. The van der Waals surface area contributed by atoms with Crippen LogP contribution in [0, 0.1) is 13.8 Å². The van der Waals surface area contributed by atoms with Gasteiger partial charge in [0.1, 0.15) is 11.9 Å². The van der Waals surface area contributed by atoms with E-state index in [4.69, 9.17) is 4.74 Å². The smallest absolute Gasteiger partial charge is 0.122 e. The van der Waals surface area contributed by atoms with Gasteiger partial charge in [0, 0.05) is 19.6 Å². The molecule has 0 spiro atoms. The Morgan fingerprint density at radius 1 is 1.20 bits per heavy atom. The standard InChI is InChI=1S/C17H30N2O/c1-6-19(7-2)11-10-18-13-16(5)20-17-12-14(3)8-9-15(17)4/h8-9,12,16,18H,6-7,10-11,13H2,1-5H3. The maximum atomic E-state index is 6.01. The van der Waals surface area contributed by atoms with E-state index in [1.807, 2.05) is 0 Å². The largest absolute Gasteiger partial charge is 0.489 e. The van der Waals surface area contributed by atoms with Gasteiger partial charge in [0.2, 0.25) is 0 Å². The molecule has 0 aliphatic rings. The average Bonchev–Trinajstić information content (AvgIpc) is 2.43. The van der Waals surface area contributed by atoms with Gasteiger partial charge in [-0.1, -0.05) is 26.0 Å². The Bertz CT molecular complexity index is 389. The van der Waals surface area contributed by atoms with Gasteiger partial charge in [-0.05, 0) is 51.1 Å². The highest BCUT2D eigenvalue weighted by atomic mass is 16.5. The van der Waals surface area contributed by atoms with E-state index in [9.17, 15) is 0 Å². The highest BCUT2D eigenvalue weighted by Gasteiger charge is 2.06. The lowest BCUT2D eigenvalue weighted by Gasteiger charge is -2.20. The van der Waals surface area contributed by atoms with Crippen molar-refractivity contribution >= 4 is 0 Å². The zero-order valence-electron chi connectivity index (χ0n) is 13.7. The van der Waals surface area contributed by atoms with Crippen LogP contribution in [-0.2, 0) is 0 Å². The van der Waals surface area contributed by atoms with E-state index in [-0.39, 0.29) is 6.10 Å². The first-order valence-electron chi connectivity index (χ1n) is 7.73. The molecule has 1 aromatic carbocycles. The first kappa shape index (κ1) is 17.0. The van der Waals surface area contributed by atoms with Gasteiger partial charge in [0.05, 0.1) is 0 Å². The van der Waals surface area contributed by atoms with Crippen LogP contribution in [0.5, 0.6) is 5.75 Å². The zero-order chi connectivity index (χ0) is 15.0. The van der Waals surface area contributed by atoms with Crippen LogP contribution in [0.2, 0.25) is 0 Å². The third-order valence-electron chi connectivity index (χ3n) is 3.60. The number of benzene rings is 1. The second-order valence-corrected chi connectivity index (χ2v) is 5.43. The fourth-order valence-electron chi connectivity index (χ4n) is 2.18. The molecule has 1 aromatic rings. The fourth-order valence-corrected chi connectivity index (χ4v) is 2.18. The van der Waals surface area contributed by atoms with Crippen molar-refractivity contribution in [1.29, 1.82) is 0 Å². The molecule has 0 aromatic heterocycles. The minimum atomic E-state index is 0.187. The van der Waals surface area contributed by atoms with Crippen LogP contribution in [0.4, 0.5) is 0 Å². The first-order chi connectivity index (χ1) is 9.56. The molecule has 0 amide bonds. The summed E-state index contributed by atoms with van der Waals surface area (Å²) in [6.07, 6.45) is 0.187. The molecule has 1 unspecified atom stereocenters. The Hall–Kier alpha value is -1.06. The van der Waals surface area contributed by atoms with Gasteiger partial charge in [-0.25, -0.2) is 0 Å². The second kappa shape index (κ2) is 8.98. The van der Waals surface area contributed by atoms with Gasteiger partial charge in [0.15, 0.2) is 0 Å². The Morgan fingerprint density at radius 2 is 1.90 bits per heavy atom. The Morgan fingerprint density at radius 3 is 2.55 bits per heavy atom. The monoisotopic (exact) mass is 278 g/mol. The van der Waals surface area contributed by atoms with E-state index < -0.39 is 0 Å². The lowest BCUT2D eigenvalue weighted by molar-refractivity contribution is 0.211. The van der Waals surface area contributed by atoms with Crippen molar-refractivity contribution < 1.29 is 4.74 Å². The number of rotatable bonds is 9. The maximum Gasteiger partial charge on any atom is 0.122 e. The average molecular weight is 278 g/mol. The number of hydrogen-bond donors (Lipinski definition) is 1. The van der Waals surface area contributed by atoms with Crippen LogP contribution in [0.25, 0.3) is 0 Å². The van der Waals surface area contributed by atoms with E-state index in [0.717, 1.165) is 38.5 Å². The van der Waals surface area contributed by atoms with Gasteiger partial charge in [-0.3, -0.25) is 0 Å². The van der Waals surface area contributed by atoms with E-state index >= 15 is 0 Å². The van der Waals surface area contributed by atoms with E-state index in [0.29, 0.717) is 0 Å².